The average molecular weight is 443 g/mol. The van der Waals surface area contributed by atoms with Crippen LogP contribution in [0.4, 0.5) is 10.5 Å². The van der Waals surface area contributed by atoms with Crippen LogP contribution in [0, 0.1) is 6.92 Å². The van der Waals surface area contributed by atoms with Gasteiger partial charge in [-0.2, -0.15) is 4.98 Å². The lowest BCUT2D eigenvalue weighted by Gasteiger charge is -2.08. The average Bonchev–Trinajstić information content (AvgIpc) is 3.38. The third-order valence-corrected chi connectivity index (χ3v) is 5.70. The van der Waals surface area contributed by atoms with Crippen molar-refractivity contribution in [2.45, 2.75) is 18.4 Å². The van der Waals surface area contributed by atoms with Crippen molar-refractivity contribution in [3.8, 4) is 11.5 Å². The van der Waals surface area contributed by atoms with Gasteiger partial charge in [-0.1, -0.05) is 5.16 Å². The molecular weight excluding hydrogens is 426 g/mol. The van der Waals surface area contributed by atoms with E-state index in [9.17, 15) is 13.2 Å². The highest BCUT2D eigenvalue weighted by Crippen LogP contribution is 2.22. The number of nitrogens with zero attached hydrogens (tertiary/aromatic N) is 5. The Balaban J connectivity index is 1.53. The van der Waals surface area contributed by atoms with E-state index in [4.69, 9.17) is 4.52 Å². The Morgan fingerprint density at radius 1 is 1.19 bits per heavy atom. The van der Waals surface area contributed by atoms with E-state index < -0.39 is 16.1 Å². The van der Waals surface area contributed by atoms with Crippen LogP contribution in [0.3, 0.4) is 0 Å². The summed E-state index contributed by atoms with van der Waals surface area (Å²) < 4.78 is 39.1. The molecule has 0 aliphatic carbocycles. The number of methoxy groups -OCH3 is 1. The Morgan fingerprint density at radius 2 is 1.97 bits per heavy atom. The predicted octanol–water partition coefficient (Wildman–Crippen LogP) is 1.74. The molecule has 4 aromatic rings. The van der Waals surface area contributed by atoms with E-state index in [1.165, 1.54) is 31.4 Å². The first-order valence-corrected chi connectivity index (χ1v) is 10.4. The van der Waals surface area contributed by atoms with Gasteiger partial charge in [0, 0.05) is 11.9 Å². The number of hydrogen-bond acceptors (Lipinski definition) is 9. The molecule has 0 saturated carbocycles. The van der Waals surface area contributed by atoms with Crippen molar-refractivity contribution in [2.75, 3.05) is 12.4 Å². The van der Waals surface area contributed by atoms with Gasteiger partial charge in [0.2, 0.25) is 10.0 Å². The number of nitrogens with one attached hydrogen (secondary N) is 2. The summed E-state index contributed by atoms with van der Waals surface area (Å²) in [6.07, 6.45) is 1.06. The second kappa shape index (κ2) is 8.12. The summed E-state index contributed by atoms with van der Waals surface area (Å²) in [7, 11) is -2.60. The maximum absolute atomic E-state index is 12.6. The lowest BCUT2D eigenvalue weighted by Crippen LogP contribution is -2.24. The minimum Gasteiger partial charge on any atom is -0.453 e. The molecule has 0 atom stereocenters. The van der Waals surface area contributed by atoms with Crippen LogP contribution in [0.1, 0.15) is 11.6 Å². The summed E-state index contributed by atoms with van der Waals surface area (Å²) in [5.74, 6) is 1.15. The Bertz CT molecular complexity index is 1350. The van der Waals surface area contributed by atoms with Crippen LogP contribution in [0.15, 0.2) is 52.0 Å². The quantitative estimate of drug-likeness (QED) is 0.453. The van der Waals surface area contributed by atoms with Crippen LogP contribution >= 0.6 is 0 Å². The van der Waals surface area contributed by atoms with E-state index in [0.29, 0.717) is 34.4 Å². The van der Waals surface area contributed by atoms with Crippen LogP contribution in [0.25, 0.3) is 17.1 Å². The maximum Gasteiger partial charge on any atom is 0.411 e. The van der Waals surface area contributed by atoms with Gasteiger partial charge >= 0.3 is 6.09 Å². The van der Waals surface area contributed by atoms with E-state index in [2.05, 4.69) is 35.1 Å². The van der Waals surface area contributed by atoms with Crippen LogP contribution < -0.4 is 10.0 Å². The third kappa shape index (κ3) is 4.22. The number of carbonyl (C=O) groups excluding carboxylic acids is 1. The zero-order chi connectivity index (χ0) is 22.0. The van der Waals surface area contributed by atoms with Gasteiger partial charge in [-0.05, 0) is 43.3 Å². The van der Waals surface area contributed by atoms with E-state index >= 15 is 0 Å². The molecular formula is C18H17N7O5S. The van der Waals surface area contributed by atoms with E-state index in [1.54, 1.807) is 29.7 Å². The minimum atomic E-state index is -3.83. The van der Waals surface area contributed by atoms with Crippen molar-refractivity contribution in [3.05, 3.63) is 54.2 Å². The number of fused-ring (bicyclic) bond motifs is 1. The number of aryl methyl sites for hydroxylation is 1. The molecule has 0 aliphatic heterocycles. The highest BCUT2D eigenvalue weighted by atomic mass is 32.2. The molecule has 0 bridgehead atoms. The van der Waals surface area contributed by atoms with Crippen molar-refractivity contribution in [1.82, 2.24) is 29.5 Å². The number of ether oxygens (including phenoxy) is 1. The number of pyridine rings is 1. The van der Waals surface area contributed by atoms with Crippen molar-refractivity contribution < 1.29 is 22.5 Å². The normalized spacial score (nSPS) is 11.5. The summed E-state index contributed by atoms with van der Waals surface area (Å²) in [4.78, 5) is 15.4. The summed E-state index contributed by atoms with van der Waals surface area (Å²) in [5.41, 5.74) is 1.44. The van der Waals surface area contributed by atoms with E-state index in [-0.39, 0.29) is 11.4 Å². The van der Waals surface area contributed by atoms with E-state index in [0.717, 1.165) is 0 Å². The molecule has 160 valence electrons. The van der Waals surface area contributed by atoms with Gasteiger partial charge in [-0.25, -0.2) is 17.9 Å². The number of rotatable bonds is 6. The number of hydrogen-bond donors (Lipinski definition) is 2. The molecule has 0 radical (unpaired) electrons. The first kappa shape index (κ1) is 20.4. The van der Waals surface area contributed by atoms with Gasteiger partial charge in [-0.3, -0.25) is 9.72 Å². The predicted molar refractivity (Wildman–Crippen MR) is 108 cm³/mol. The molecule has 12 nitrogen and oxygen atoms in total. The minimum absolute atomic E-state index is 0.0266. The van der Waals surface area contributed by atoms with Crippen LogP contribution in [-0.4, -0.2) is 46.4 Å². The van der Waals surface area contributed by atoms with Crippen molar-refractivity contribution in [1.29, 1.82) is 0 Å². The Morgan fingerprint density at radius 3 is 2.65 bits per heavy atom. The van der Waals surface area contributed by atoms with Crippen LogP contribution in [-0.2, 0) is 21.3 Å². The molecule has 0 aliphatic rings. The topological polar surface area (TPSA) is 154 Å². The third-order valence-electron chi connectivity index (χ3n) is 4.28. The van der Waals surface area contributed by atoms with E-state index in [1.807, 2.05) is 0 Å². The number of amides is 1. The molecule has 1 aromatic carbocycles. The molecule has 0 fully saturated rings. The monoisotopic (exact) mass is 443 g/mol. The first-order chi connectivity index (χ1) is 14.9. The lowest BCUT2D eigenvalue weighted by molar-refractivity contribution is 0.187. The second-order valence-electron chi connectivity index (χ2n) is 6.34. The molecule has 1 amide bonds. The van der Waals surface area contributed by atoms with Gasteiger partial charge in [-0.15, -0.1) is 10.2 Å². The largest absolute Gasteiger partial charge is 0.453 e. The number of carbonyl (C=O) groups is 1. The highest BCUT2D eigenvalue weighted by Gasteiger charge is 2.18. The van der Waals surface area contributed by atoms with Crippen LogP contribution in [0.2, 0.25) is 0 Å². The fraction of sp³-hybridized carbons (Fsp3) is 0.167. The molecule has 4 rings (SSSR count). The molecule has 2 N–H and O–H groups in total. The number of anilines is 1. The molecule has 13 heteroatoms. The van der Waals surface area contributed by atoms with Crippen molar-refractivity contribution >= 4 is 27.5 Å². The first-order valence-electron chi connectivity index (χ1n) is 8.95. The smallest absolute Gasteiger partial charge is 0.411 e. The summed E-state index contributed by atoms with van der Waals surface area (Å²) in [5, 5.41) is 14.4. The maximum atomic E-state index is 12.6. The molecule has 3 heterocycles. The molecule has 31 heavy (non-hydrogen) atoms. The molecule has 0 spiro atoms. The summed E-state index contributed by atoms with van der Waals surface area (Å²) in [6, 6.07) is 9.15. The summed E-state index contributed by atoms with van der Waals surface area (Å²) >= 11 is 0. The Kier molecular flexibility index (Phi) is 5.35. The zero-order valence-corrected chi connectivity index (χ0v) is 17.3. The summed E-state index contributed by atoms with van der Waals surface area (Å²) in [6.45, 7) is 1.60. The SMILES string of the molecule is COC(=O)Nc1ccc(S(=O)(=O)NCc2nnc3c(-c4nc(C)no4)cccn23)cc1. The lowest BCUT2D eigenvalue weighted by atomic mass is 10.2. The molecule has 0 saturated heterocycles. The Labute approximate surface area is 176 Å². The van der Waals surface area contributed by atoms with Gasteiger partial charge in [0.15, 0.2) is 17.3 Å². The second-order valence-corrected chi connectivity index (χ2v) is 8.11. The van der Waals surface area contributed by atoms with Crippen LogP contribution in [0.5, 0.6) is 0 Å². The zero-order valence-electron chi connectivity index (χ0n) is 16.4. The van der Waals surface area contributed by atoms with Gasteiger partial charge < -0.3 is 9.26 Å². The number of aromatic nitrogens is 5. The fourth-order valence-electron chi connectivity index (χ4n) is 2.79. The Hall–Kier alpha value is -3.84. The highest BCUT2D eigenvalue weighted by molar-refractivity contribution is 7.89. The standard InChI is InChI=1S/C18H17N7O5S/c1-11-20-17(30-24-11)14-4-3-9-25-15(22-23-16(14)25)10-19-31(27,28)13-7-5-12(6-8-13)21-18(26)29-2/h3-9,19H,10H2,1-2H3,(H,21,26). The molecule has 3 aromatic heterocycles. The van der Waals surface area contributed by atoms with Crippen molar-refractivity contribution in [3.63, 3.8) is 0 Å². The van der Waals surface area contributed by atoms with Gasteiger partial charge in [0.1, 0.15) is 0 Å². The number of benzene rings is 1. The number of sulfonamides is 1. The van der Waals surface area contributed by atoms with Gasteiger partial charge in [0.05, 0.1) is 24.1 Å². The van der Waals surface area contributed by atoms with Gasteiger partial charge in [0.25, 0.3) is 5.89 Å². The fourth-order valence-corrected chi connectivity index (χ4v) is 3.77. The van der Waals surface area contributed by atoms with Crippen molar-refractivity contribution in [2.24, 2.45) is 0 Å². The molecule has 0 unspecified atom stereocenters.